The summed E-state index contributed by atoms with van der Waals surface area (Å²) in [7, 11) is 0. The maximum absolute atomic E-state index is 5.91. The van der Waals surface area contributed by atoms with Crippen molar-refractivity contribution < 1.29 is 0 Å². The molecule has 1 aliphatic carbocycles. The molecule has 1 fully saturated rings. The zero-order valence-corrected chi connectivity index (χ0v) is 8.38. The molecular weight excluding hydrogens is 196 g/mol. The van der Waals surface area contributed by atoms with Crippen LogP contribution in [-0.4, -0.2) is 11.0 Å². The lowest BCUT2D eigenvalue weighted by atomic mass is 10.2. The Bertz CT molecular complexity index is 489. The van der Waals surface area contributed by atoms with Crippen LogP contribution in [0, 0.1) is 0 Å². The highest BCUT2D eigenvalue weighted by Gasteiger charge is 2.35. The zero-order chi connectivity index (χ0) is 9.71. The highest BCUT2D eigenvalue weighted by Crippen LogP contribution is 2.39. The van der Waals surface area contributed by atoms with Gasteiger partial charge >= 0.3 is 0 Å². The van der Waals surface area contributed by atoms with E-state index in [1.807, 2.05) is 18.2 Å². The SMILES string of the molecule is N[C@@H]1C[C@H]1c1cc2cc(Cl)ccc2[nH]1. The maximum Gasteiger partial charge on any atom is 0.0457 e. The number of hydrogen-bond donors (Lipinski definition) is 2. The molecule has 1 aromatic heterocycles. The molecule has 2 nitrogen and oxygen atoms in total. The number of halogens is 1. The fourth-order valence-corrected chi connectivity index (χ4v) is 2.08. The summed E-state index contributed by atoms with van der Waals surface area (Å²) in [6, 6.07) is 8.38. The summed E-state index contributed by atoms with van der Waals surface area (Å²) in [4.78, 5) is 3.38. The molecule has 0 saturated heterocycles. The van der Waals surface area contributed by atoms with E-state index in [0.717, 1.165) is 17.0 Å². The Labute approximate surface area is 87.1 Å². The standard InChI is InChI=1S/C11H11ClN2/c12-7-1-2-10-6(3-7)4-11(14-10)8-5-9(8)13/h1-4,8-9,14H,5,13H2/t8-,9-/m1/s1. The Kier molecular flexibility index (Phi) is 1.64. The molecule has 0 spiro atoms. The van der Waals surface area contributed by atoms with Gasteiger partial charge in [0.25, 0.3) is 0 Å². The first-order chi connectivity index (χ1) is 6.74. The van der Waals surface area contributed by atoms with E-state index in [9.17, 15) is 0 Å². The Morgan fingerprint density at radius 3 is 2.86 bits per heavy atom. The van der Waals surface area contributed by atoms with E-state index in [-0.39, 0.29) is 0 Å². The molecule has 2 aromatic rings. The predicted molar refractivity (Wildman–Crippen MR) is 58.6 cm³/mol. The van der Waals surface area contributed by atoms with Gasteiger partial charge < -0.3 is 10.7 Å². The van der Waals surface area contributed by atoms with E-state index in [0.29, 0.717) is 12.0 Å². The van der Waals surface area contributed by atoms with Crippen LogP contribution in [0.1, 0.15) is 18.0 Å². The lowest BCUT2D eigenvalue weighted by molar-refractivity contribution is 0.963. The molecule has 1 saturated carbocycles. The van der Waals surface area contributed by atoms with Crippen molar-refractivity contribution >= 4 is 22.5 Å². The molecule has 0 amide bonds. The number of nitrogens with one attached hydrogen (secondary N) is 1. The van der Waals surface area contributed by atoms with Crippen molar-refractivity contribution in [1.82, 2.24) is 4.98 Å². The average molecular weight is 207 g/mol. The van der Waals surface area contributed by atoms with Gasteiger partial charge in [0.2, 0.25) is 0 Å². The summed E-state index contributed by atoms with van der Waals surface area (Å²) in [5, 5.41) is 1.95. The van der Waals surface area contributed by atoms with Crippen LogP contribution in [0.25, 0.3) is 10.9 Å². The molecule has 72 valence electrons. The summed E-state index contributed by atoms with van der Waals surface area (Å²) in [5.74, 6) is 0.529. The molecule has 3 heteroatoms. The van der Waals surface area contributed by atoms with Gasteiger partial charge in [-0.25, -0.2) is 0 Å². The van der Waals surface area contributed by atoms with Crippen LogP contribution in [0.2, 0.25) is 5.02 Å². The minimum atomic E-state index is 0.346. The van der Waals surface area contributed by atoms with Crippen LogP contribution < -0.4 is 5.73 Å². The summed E-state index contributed by atoms with van der Waals surface area (Å²) in [6.07, 6.45) is 1.10. The third-order valence-electron chi connectivity index (χ3n) is 2.84. The summed E-state index contributed by atoms with van der Waals surface area (Å²) in [6.45, 7) is 0. The van der Waals surface area contributed by atoms with Gasteiger partial charge in [0.1, 0.15) is 0 Å². The van der Waals surface area contributed by atoms with Gasteiger partial charge in [0.05, 0.1) is 0 Å². The number of aromatic amines is 1. The molecule has 14 heavy (non-hydrogen) atoms. The minimum absolute atomic E-state index is 0.346. The fraction of sp³-hybridized carbons (Fsp3) is 0.273. The van der Waals surface area contributed by atoms with Crippen molar-refractivity contribution in [2.45, 2.75) is 18.4 Å². The van der Waals surface area contributed by atoms with E-state index < -0.39 is 0 Å². The second-order valence-corrected chi connectivity index (χ2v) is 4.40. The first-order valence-electron chi connectivity index (χ1n) is 4.78. The Hall–Kier alpha value is -0.990. The zero-order valence-electron chi connectivity index (χ0n) is 7.63. The van der Waals surface area contributed by atoms with Gasteiger partial charge in [-0.3, -0.25) is 0 Å². The largest absolute Gasteiger partial charge is 0.358 e. The van der Waals surface area contributed by atoms with Gasteiger partial charge in [0.15, 0.2) is 0 Å². The normalized spacial score (nSPS) is 25.6. The second-order valence-electron chi connectivity index (χ2n) is 3.96. The van der Waals surface area contributed by atoms with E-state index in [4.69, 9.17) is 17.3 Å². The average Bonchev–Trinajstić information content (AvgIpc) is 2.75. The van der Waals surface area contributed by atoms with Crippen LogP contribution in [0.3, 0.4) is 0 Å². The van der Waals surface area contributed by atoms with Gasteiger partial charge in [0, 0.05) is 33.6 Å². The van der Waals surface area contributed by atoms with E-state index >= 15 is 0 Å². The van der Waals surface area contributed by atoms with E-state index in [1.165, 1.54) is 11.1 Å². The number of fused-ring (bicyclic) bond motifs is 1. The van der Waals surface area contributed by atoms with Crippen LogP contribution in [0.5, 0.6) is 0 Å². The van der Waals surface area contributed by atoms with Gasteiger partial charge in [-0.1, -0.05) is 11.6 Å². The van der Waals surface area contributed by atoms with Gasteiger partial charge in [-0.2, -0.15) is 0 Å². The number of hydrogen-bond acceptors (Lipinski definition) is 1. The number of rotatable bonds is 1. The van der Waals surface area contributed by atoms with Crippen LogP contribution in [0.4, 0.5) is 0 Å². The van der Waals surface area contributed by atoms with Crippen LogP contribution in [0.15, 0.2) is 24.3 Å². The van der Waals surface area contributed by atoms with Crippen molar-refractivity contribution in [3.8, 4) is 0 Å². The number of nitrogens with two attached hydrogens (primary N) is 1. The molecule has 2 atom stereocenters. The predicted octanol–water partition coefficient (Wildman–Crippen LogP) is 2.64. The maximum atomic E-state index is 5.91. The topological polar surface area (TPSA) is 41.8 Å². The van der Waals surface area contributed by atoms with E-state index in [1.54, 1.807) is 0 Å². The Morgan fingerprint density at radius 2 is 2.14 bits per heavy atom. The Morgan fingerprint density at radius 1 is 1.36 bits per heavy atom. The number of aromatic nitrogens is 1. The smallest absolute Gasteiger partial charge is 0.0457 e. The van der Waals surface area contributed by atoms with Crippen molar-refractivity contribution in [2.75, 3.05) is 0 Å². The molecule has 1 aliphatic rings. The summed E-state index contributed by atoms with van der Waals surface area (Å²) in [5.41, 5.74) is 8.19. The lowest BCUT2D eigenvalue weighted by Crippen LogP contribution is -2.00. The molecule has 1 aromatic carbocycles. The first-order valence-corrected chi connectivity index (χ1v) is 5.15. The molecule has 1 heterocycles. The van der Waals surface area contributed by atoms with Gasteiger partial charge in [-0.15, -0.1) is 0 Å². The second kappa shape index (κ2) is 2.75. The molecule has 0 radical (unpaired) electrons. The fourth-order valence-electron chi connectivity index (χ4n) is 1.90. The molecule has 0 aliphatic heterocycles. The quantitative estimate of drug-likeness (QED) is 0.740. The molecule has 3 rings (SSSR count). The van der Waals surface area contributed by atoms with Crippen molar-refractivity contribution in [2.24, 2.45) is 5.73 Å². The highest BCUT2D eigenvalue weighted by atomic mass is 35.5. The summed E-state index contributed by atoms with van der Waals surface area (Å²) < 4.78 is 0. The number of H-pyrrole nitrogens is 1. The van der Waals surface area contributed by atoms with Crippen LogP contribution in [-0.2, 0) is 0 Å². The van der Waals surface area contributed by atoms with Crippen molar-refractivity contribution in [1.29, 1.82) is 0 Å². The monoisotopic (exact) mass is 206 g/mol. The van der Waals surface area contributed by atoms with Crippen molar-refractivity contribution in [3.63, 3.8) is 0 Å². The molecule has 0 bridgehead atoms. The summed E-state index contributed by atoms with van der Waals surface area (Å²) >= 11 is 5.91. The first kappa shape index (κ1) is 8.33. The highest BCUT2D eigenvalue weighted by molar-refractivity contribution is 6.31. The van der Waals surface area contributed by atoms with Crippen molar-refractivity contribution in [3.05, 3.63) is 35.0 Å². The van der Waals surface area contributed by atoms with E-state index in [2.05, 4.69) is 11.1 Å². The third kappa shape index (κ3) is 1.22. The van der Waals surface area contributed by atoms with Crippen LogP contribution >= 0.6 is 11.6 Å². The number of benzene rings is 1. The third-order valence-corrected chi connectivity index (χ3v) is 3.08. The Balaban J connectivity index is 2.11. The minimum Gasteiger partial charge on any atom is -0.358 e. The van der Waals surface area contributed by atoms with Gasteiger partial charge in [-0.05, 0) is 30.7 Å². The molecular formula is C11H11ClN2. The lowest BCUT2D eigenvalue weighted by Gasteiger charge is -1.90. The molecule has 0 unspecified atom stereocenters. The molecule has 3 N–H and O–H groups in total.